The number of methoxy groups -OCH3 is 1. The number of non-ortho nitro benzene ring substituents is 1. The van der Waals surface area contributed by atoms with Crippen LogP contribution in [0.5, 0.6) is 5.75 Å². The second-order valence-electron chi connectivity index (χ2n) is 3.88. The molecule has 6 heteroatoms. The highest BCUT2D eigenvalue weighted by Crippen LogP contribution is 2.31. The summed E-state index contributed by atoms with van der Waals surface area (Å²) in [6, 6.07) is 4.73. The minimum absolute atomic E-state index is 0.00208. The van der Waals surface area contributed by atoms with Crippen LogP contribution in [-0.2, 0) is 0 Å². The van der Waals surface area contributed by atoms with Gasteiger partial charge in [0, 0.05) is 18.5 Å². The number of rotatable bonds is 3. The van der Waals surface area contributed by atoms with Gasteiger partial charge in [0.15, 0.2) is 5.75 Å². The number of hydrogen-bond donors (Lipinski definition) is 1. The summed E-state index contributed by atoms with van der Waals surface area (Å²) in [6.45, 7) is 1.89. The molecule has 2 aromatic rings. The van der Waals surface area contributed by atoms with Crippen LogP contribution < -0.4 is 10.1 Å². The van der Waals surface area contributed by atoms with Gasteiger partial charge in [-0.15, -0.1) is 0 Å². The molecule has 18 heavy (non-hydrogen) atoms. The van der Waals surface area contributed by atoms with Crippen LogP contribution in [0.2, 0.25) is 0 Å². The van der Waals surface area contributed by atoms with E-state index in [4.69, 9.17) is 4.74 Å². The zero-order valence-corrected chi connectivity index (χ0v) is 10.4. The molecule has 6 nitrogen and oxygen atoms in total. The number of aryl methyl sites for hydroxylation is 1. The van der Waals surface area contributed by atoms with Crippen LogP contribution in [0.15, 0.2) is 18.2 Å². The number of ether oxygens (including phenoxy) is 1. The normalized spacial score (nSPS) is 10.4. The molecule has 94 valence electrons. The monoisotopic (exact) mass is 247 g/mol. The van der Waals surface area contributed by atoms with Crippen molar-refractivity contribution in [2.75, 3.05) is 19.5 Å². The van der Waals surface area contributed by atoms with Crippen LogP contribution in [0, 0.1) is 17.0 Å². The van der Waals surface area contributed by atoms with Crippen molar-refractivity contribution in [3.63, 3.8) is 0 Å². The minimum Gasteiger partial charge on any atom is -0.494 e. The first-order chi connectivity index (χ1) is 8.56. The zero-order valence-electron chi connectivity index (χ0n) is 10.4. The molecule has 1 aromatic carbocycles. The fourth-order valence-electron chi connectivity index (χ4n) is 1.86. The van der Waals surface area contributed by atoms with Gasteiger partial charge in [0.1, 0.15) is 11.3 Å². The highest BCUT2D eigenvalue weighted by molar-refractivity contribution is 5.89. The van der Waals surface area contributed by atoms with E-state index in [2.05, 4.69) is 10.3 Å². The number of benzene rings is 1. The number of nitro groups is 1. The smallest absolute Gasteiger partial charge is 0.273 e. The number of aromatic nitrogens is 1. The Morgan fingerprint density at radius 2 is 2.11 bits per heavy atom. The highest BCUT2D eigenvalue weighted by atomic mass is 16.6. The van der Waals surface area contributed by atoms with Crippen molar-refractivity contribution < 1.29 is 9.66 Å². The summed E-state index contributed by atoms with van der Waals surface area (Å²) in [6.07, 6.45) is 0. The molecule has 2 rings (SSSR count). The number of nitrogens with zero attached hydrogens (tertiary/aromatic N) is 2. The van der Waals surface area contributed by atoms with Crippen molar-refractivity contribution in [1.82, 2.24) is 4.98 Å². The SMILES string of the molecule is CNc1nc2c(OC)cc([N+](=O)[O-])cc2cc1C. The molecule has 1 heterocycles. The molecule has 0 radical (unpaired) electrons. The van der Waals surface area contributed by atoms with Crippen LogP contribution in [0.3, 0.4) is 0 Å². The molecule has 0 saturated carbocycles. The third kappa shape index (κ3) is 1.92. The summed E-state index contributed by atoms with van der Waals surface area (Å²) in [5, 5.41) is 14.5. The van der Waals surface area contributed by atoms with E-state index in [-0.39, 0.29) is 5.69 Å². The van der Waals surface area contributed by atoms with Crippen molar-refractivity contribution in [1.29, 1.82) is 0 Å². The second-order valence-corrected chi connectivity index (χ2v) is 3.88. The standard InChI is InChI=1S/C12H13N3O3/c1-7-4-8-5-9(15(16)17)6-10(18-3)11(8)14-12(7)13-2/h4-6H,1-3H3,(H,13,14). The van der Waals surface area contributed by atoms with Gasteiger partial charge in [0.25, 0.3) is 5.69 Å². The summed E-state index contributed by atoms with van der Waals surface area (Å²) in [5.41, 5.74) is 1.53. The number of fused-ring (bicyclic) bond motifs is 1. The maximum atomic E-state index is 10.8. The lowest BCUT2D eigenvalue weighted by molar-refractivity contribution is -0.384. The van der Waals surface area contributed by atoms with Gasteiger partial charge in [-0.05, 0) is 18.6 Å². The molecule has 1 aromatic heterocycles. The van der Waals surface area contributed by atoms with E-state index in [1.165, 1.54) is 19.2 Å². The Kier molecular flexibility index (Phi) is 3.01. The predicted octanol–water partition coefficient (Wildman–Crippen LogP) is 2.50. The van der Waals surface area contributed by atoms with Gasteiger partial charge in [-0.2, -0.15) is 0 Å². The van der Waals surface area contributed by atoms with Gasteiger partial charge in [-0.1, -0.05) is 0 Å². The van der Waals surface area contributed by atoms with Crippen molar-refractivity contribution in [2.24, 2.45) is 0 Å². The maximum absolute atomic E-state index is 10.8. The highest BCUT2D eigenvalue weighted by Gasteiger charge is 2.14. The van der Waals surface area contributed by atoms with E-state index < -0.39 is 4.92 Å². The van der Waals surface area contributed by atoms with Crippen LogP contribution in [0.25, 0.3) is 10.9 Å². The molecule has 0 unspecified atom stereocenters. The predicted molar refractivity (Wildman–Crippen MR) is 69.2 cm³/mol. The second kappa shape index (κ2) is 4.48. The van der Waals surface area contributed by atoms with E-state index in [0.29, 0.717) is 16.7 Å². The average Bonchev–Trinajstić information content (AvgIpc) is 2.36. The van der Waals surface area contributed by atoms with E-state index in [1.807, 2.05) is 13.0 Å². The van der Waals surface area contributed by atoms with Gasteiger partial charge < -0.3 is 10.1 Å². The van der Waals surface area contributed by atoms with E-state index in [9.17, 15) is 10.1 Å². The van der Waals surface area contributed by atoms with E-state index >= 15 is 0 Å². The Hall–Kier alpha value is -2.37. The van der Waals surface area contributed by atoms with Gasteiger partial charge in [0.05, 0.1) is 18.1 Å². The Morgan fingerprint density at radius 1 is 1.39 bits per heavy atom. The van der Waals surface area contributed by atoms with Crippen LogP contribution in [0.1, 0.15) is 5.56 Å². The molecule has 0 atom stereocenters. The van der Waals surface area contributed by atoms with Crippen LogP contribution in [-0.4, -0.2) is 24.1 Å². The van der Waals surface area contributed by atoms with Gasteiger partial charge >= 0.3 is 0 Å². The van der Waals surface area contributed by atoms with Crippen molar-refractivity contribution >= 4 is 22.4 Å². The molecule has 0 spiro atoms. The van der Waals surface area contributed by atoms with Gasteiger partial charge in [0.2, 0.25) is 0 Å². The quantitative estimate of drug-likeness (QED) is 0.666. The summed E-state index contributed by atoms with van der Waals surface area (Å²) in [4.78, 5) is 14.8. The topological polar surface area (TPSA) is 77.3 Å². The number of anilines is 1. The first kappa shape index (κ1) is 12.1. The van der Waals surface area contributed by atoms with Crippen LogP contribution in [0.4, 0.5) is 11.5 Å². The third-order valence-electron chi connectivity index (χ3n) is 2.73. The summed E-state index contributed by atoms with van der Waals surface area (Å²) in [7, 11) is 3.25. The summed E-state index contributed by atoms with van der Waals surface area (Å²) < 4.78 is 5.16. The van der Waals surface area contributed by atoms with Gasteiger partial charge in [-0.25, -0.2) is 4.98 Å². The molecular formula is C12H13N3O3. The van der Waals surface area contributed by atoms with Crippen LogP contribution >= 0.6 is 0 Å². The Labute approximate surface area is 104 Å². The van der Waals surface area contributed by atoms with E-state index in [0.717, 1.165) is 11.4 Å². The zero-order chi connectivity index (χ0) is 13.3. The Balaban J connectivity index is 2.79. The largest absolute Gasteiger partial charge is 0.494 e. The van der Waals surface area contributed by atoms with Gasteiger partial charge in [-0.3, -0.25) is 10.1 Å². The summed E-state index contributed by atoms with van der Waals surface area (Å²) in [5.74, 6) is 1.13. The average molecular weight is 247 g/mol. The fourth-order valence-corrected chi connectivity index (χ4v) is 1.86. The van der Waals surface area contributed by atoms with Crippen molar-refractivity contribution in [2.45, 2.75) is 6.92 Å². The van der Waals surface area contributed by atoms with E-state index in [1.54, 1.807) is 7.05 Å². The lowest BCUT2D eigenvalue weighted by Crippen LogP contribution is -1.98. The minimum atomic E-state index is -0.441. The Bertz CT molecular complexity index is 625. The van der Waals surface area contributed by atoms with Crippen molar-refractivity contribution in [3.8, 4) is 5.75 Å². The molecule has 0 aliphatic carbocycles. The molecule has 1 N–H and O–H groups in total. The molecule has 0 fully saturated rings. The molecule has 0 saturated heterocycles. The number of nitro benzene ring substituents is 1. The number of pyridine rings is 1. The third-order valence-corrected chi connectivity index (χ3v) is 2.73. The molecular weight excluding hydrogens is 234 g/mol. The van der Waals surface area contributed by atoms with Crippen molar-refractivity contribution in [3.05, 3.63) is 33.9 Å². The molecule has 0 aliphatic rings. The maximum Gasteiger partial charge on any atom is 0.273 e. The Morgan fingerprint density at radius 3 is 2.67 bits per heavy atom. The molecule has 0 amide bonds. The lowest BCUT2D eigenvalue weighted by Gasteiger charge is -2.09. The number of hydrogen-bond acceptors (Lipinski definition) is 5. The molecule has 0 aliphatic heterocycles. The fraction of sp³-hybridized carbons (Fsp3) is 0.250. The lowest BCUT2D eigenvalue weighted by atomic mass is 10.1. The first-order valence-corrected chi connectivity index (χ1v) is 5.38. The summed E-state index contributed by atoms with van der Waals surface area (Å²) >= 11 is 0. The number of nitrogens with one attached hydrogen (secondary N) is 1. The molecule has 0 bridgehead atoms. The first-order valence-electron chi connectivity index (χ1n) is 5.38.